The van der Waals surface area contributed by atoms with E-state index in [4.69, 9.17) is 9.51 Å². The monoisotopic (exact) mass is 426 g/mol. The molecule has 1 atom stereocenters. The molecule has 1 unspecified atom stereocenters. The van der Waals surface area contributed by atoms with Crippen LogP contribution in [0.25, 0.3) is 0 Å². The summed E-state index contributed by atoms with van der Waals surface area (Å²) in [6, 6.07) is 8.73. The lowest BCUT2D eigenvalue weighted by molar-refractivity contribution is 0.190. The van der Waals surface area contributed by atoms with Crippen LogP contribution in [0.2, 0.25) is 0 Å². The number of hydrogen-bond acceptors (Lipinski definition) is 5. The first-order valence-electron chi connectivity index (χ1n) is 8.70. The molecule has 0 bridgehead atoms. The van der Waals surface area contributed by atoms with Crippen LogP contribution in [0, 0.1) is 0 Å². The SMILES string of the molecule is CN1CCNCC1c1noc(C2(c3cccc(Br)c3)CCCC2)n1.Cl. The van der Waals surface area contributed by atoms with Crippen LogP contribution in [0.4, 0.5) is 0 Å². The minimum atomic E-state index is -0.129. The second-order valence-corrected chi connectivity index (χ2v) is 7.87. The number of benzene rings is 1. The van der Waals surface area contributed by atoms with Gasteiger partial charge in [-0.15, -0.1) is 12.4 Å². The Balaban J connectivity index is 0.00000182. The highest BCUT2D eigenvalue weighted by atomic mass is 79.9. The Morgan fingerprint density at radius 2 is 2.12 bits per heavy atom. The molecule has 4 rings (SSSR count). The van der Waals surface area contributed by atoms with Crippen molar-refractivity contribution in [1.82, 2.24) is 20.4 Å². The molecule has 2 heterocycles. The number of rotatable bonds is 3. The molecule has 25 heavy (non-hydrogen) atoms. The van der Waals surface area contributed by atoms with Crippen molar-refractivity contribution < 1.29 is 4.52 Å². The fourth-order valence-electron chi connectivity index (χ4n) is 4.05. The summed E-state index contributed by atoms with van der Waals surface area (Å²) in [6.07, 6.45) is 4.55. The molecular weight excluding hydrogens is 404 g/mol. The molecule has 7 heteroatoms. The third kappa shape index (κ3) is 3.50. The fourth-order valence-corrected chi connectivity index (χ4v) is 4.45. The first-order chi connectivity index (χ1) is 11.7. The maximum atomic E-state index is 5.82. The lowest BCUT2D eigenvalue weighted by atomic mass is 9.79. The van der Waals surface area contributed by atoms with E-state index in [9.17, 15) is 0 Å². The zero-order chi connectivity index (χ0) is 16.6. The average molecular weight is 428 g/mol. The Bertz CT molecular complexity index is 717. The molecule has 2 fully saturated rings. The van der Waals surface area contributed by atoms with Gasteiger partial charge in [-0.25, -0.2) is 0 Å². The van der Waals surface area contributed by atoms with Gasteiger partial charge in [-0.05, 0) is 37.6 Å². The number of halogens is 2. The zero-order valence-corrected chi connectivity index (χ0v) is 16.8. The molecule has 2 aliphatic rings. The fraction of sp³-hybridized carbons (Fsp3) is 0.556. The third-order valence-corrected chi connectivity index (χ3v) is 5.99. The van der Waals surface area contributed by atoms with E-state index in [1.807, 2.05) is 0 Å². The van der Waals surface area contributed by atoms with Crippen molar-refractivity contribution >= 4 is 28.3 Å². The average Bonchev–Trinajstić information content (AvgIpc) is 3.25. The Kier molecular flexibility index (Phi) is 5.83. The molecule has 0 radical (unpaired) electrons. The predicted octanol–water partition coefficient (Wildman–Crippen LogP) is 3.69. The third-order valence-electron chi connectivity index (χ3n) is 5.49. The van der Waals surface area contributed by atoms with Gasteiger partial charge in [0, 0.05) is 24.1 Å². The van der Waals surface area contributed by atoms with Crippen molar-refractivity contribution in [3.05, 3.63) is 46.0 Å². The summed E-state index contributed by atoms with van der Waals surface area (Å²) in [6.45, 7) is 2.89. The van der Waals surface area contributed by atoms with Gasteiger partial charge >= 0.3 is 0 Å². The van der Waals surface area contributed by atoms with E-state index < -0.39 is 0 Å². The van der Waals surface area contributed by atoms with Crippen LogP contribution >= 0.6 is 28.3 Å². The summed E-state index contributed by atoms with van der Waals surface area (Å²) in [4.78, 5) is 7.17. The number of hydrogen-bond donors (Lipinski definition) is 1. The summed E-state index contributed by atoms with van der Waals surface area (Å²) in [5, 5.41) is 7.77. The Hall–Kier alpha value is -0.950. The van der Waals surface area contributed by atoms with Gasteiger partial charge in [-0.2, -0.15) is 4.98 Å². The minimum Gasteiger partial charge on any atom is -0.338 e. The van der Waals surface area contributed by atoms with Crippen LogP contribution in [0.3, 0.4) is 0 Å². The highest BCUT2D eigenvalue weighted by Gasteiger charge is 2.43. The second-order valence-electron chi connectivity index (χ2n) is 6.96. The van der Waals surface area contributed by atoms with Crippen molar-refractivity contribution in [2.45, 2.75) is 37.1 Å². The van der Waals surface area contributed by atoms with Gasteiger partial charge in [0.15, 0.2) is 5.82 Å². The minimum absolute atomic E-state index is 0. The molecule has 0 spiro atoms. The molecule has 5 nitrogen and oxygen atoms in total. The summed E-state index contributed by atoms with van der Waals surface area (Å²) >= 11 is 3.60. The Morgan fingerprint density at radius 3 is 2.84 bits per heavy atom. The molecule has 1 aromatic carbocycles. The van der Waals surface area contributed by atoms with E-state index in [1.54, 1.807) is 0 Å². The van der Waals surface area contributed by atoms with Crippen LogP contribution < -0.4 is 5.32 Å². The number of nitrogens with zero attached hydrogens (tertiary/aromatic N) is 3. The molecule has 1 saturated carbocycles. The Morgan fingerprint density at radius 1 is 1.32 bits per heavy atom. The second kappa shape index (κ2) is 7.74. The molecule has 2 aromatic rings. The summed E-state index contributed by atoms with van der Waals surface area (Å²) in [5.41, 5.74) is 1.15. The van der Waals surface area contributed by atoms with E-state index >= 15 is 0 Å². The van der Waals surface area contributed by atoms with Gasteiger partial charge in [0.1, 0.15) is 0 Å². The van der Waals surface area contributed by atoms with Gasteiger partial charge in [0.2, 0.25) is 5.89 Å². The molecule has 1 N–H and O–H groups in total. The molecule has 1 aliphatic carbocycles. The van der Waals surface area contributed by atoms with Crippen LogP contribution in [0.5, 0.6) is 0 Å². The van der Waals surface area contributed by atoms with Crippen molar-refractivity contribution in [2.24, 2.45) is 0 Å². The van der Waals surface area contributed by atoms with Crippen LogP contribution in [-0.4, -0.2) is 41.7 Å². The number of aromatic nitrogens is 2. The number of nitrogens with one attached hydrogen (secondary N) is 1. The van der Waals surface area contributed by atoms with Gasteiger partial charge in [0.05, 0.1) is 11.5 Å². The highest BCUT2D eigenvalue weighted by molar-refractivity contribution is 9.10. The molecule has 1 aromatic heterocycles. The van der Waals surface area contributed by atoms with Gasteiger partial charge < -0.3 is 9.84 Å². The molecule has 0 amide bonds. The maximum absolute atomic E-state index is 5.82. The van der Waals surface area contributed by atoms with E-state index in [0.29, 0.717) is 0 Å². The van der Waals surface area contributed by atoms with Crippen LogP contribution in [-0.2, 0) is 5.41 Å². The summed E-state index contributed by atoms with van der Waals surface area (Å²) < 4.78 is 6.92. The van der Waals surface area contributed by atoms with Crippen LogP contribution in [0.1, 0.15) is 49.0 Å². The first kappa shape index (κ1) is 18.8. The van der Waals surface area contributed by atoms with Gasteiger partial charge in [-0.3, -0.25) is 4.90 Å². The standard InChI is InChI=1S/C18H23BrN4O.ClH/c1-23-10-9-20-12-15(23)16-21-17(24-22-16)18(7-2-3-8-18)13-5-4-6-14(19)11-13;/h4-6,11,15,20H,2-3,7-10,12H2,1H3;1H. The smallest absolute Gasteiger partial charge is 0.237 e. The number of likely N-dealkylation sites (N-methyl/N-ethyl adjacent to an activating group) is 1. The van der Waals surface area contributed by atoms with Crippen molar-refractivity contribution in [3.8, 4) is 0 Å². The predicted molar refractivity (Wildman–Crippen MR) is 103 cm³/mol. The van der Waals surface area contributed by atoms with Crippen molar-refractivity contribution in [3.63, 3.8) is 0 Å². The molecule has 1 aliphatic heterocycles. The topological polar surface area (TPSA) is 54.2 Å². The normalized spacial score (nSPS) is 23.4. The highest BCUT2D eigenvalue weighted by Crippen LogP contribution is 2.46. The van der Waals surface area contributed by atoms with E-state index in [-0.39, 0.29) is 23.9 Å². The lowest BCUT2D eigenvalue weighted by Gasteiger charge is -2.30. The lowest BCUT2D eigenvalue weighted by Crippen LogP contribution is -2.44. The first-order valence-corrected chi connectivity index (χ1v) is 9.49. The zero-order valence-electron chi connectivity index (χ0n) is 14.4. The Labute approximate surface area is 163 Å². The molecule has 136 valence electrons. The van der Waals surface area contributed by atoms with Crippen LogP contribution in [0.15, 0.2) is 33.3 Å². The molecule has 1 saturated heterocycles. The van der Waals surface area contributed by atoms with Crippen molar-refractivity contribution in [1.29, 1.82) is 0 Å². The van der Waals surface area contributed by atoms with Gasteiger partial charge in [-0.1, -0.05) is 46.1 Å². The quantitative estimate of drug-likeness (QED) is 0.809. The van der Waals surface area contributed by atoms with E-state index in [0.717, 1.165) is 48.7 Å². The molecular formula is C18H24BrClN4O. The summed E-state index contributed by atoms with van der Waals surface area (Å²) in [7, 11) is 2.13. The largest absolute Gasteiger partial charge is 0.338 e. The summed E-state index contributed by atoms with van der Waals surface area (Å²) in [5.74, 6) is 1.59. The van der Waals surface area contributed by atoms with Crippen molar-refractivity contribution in [2.75, 3.05) is 26.7 Å². The van der Waals surface area contributed by atoms with Gasteiger partial charge in [0.25, 0.3) is 0 Å². The van der Waals surface area contributed by atoms with E-state index in [2.05, 4.69) is 62.6 Å². The number of piperazine rings is 1. The van der Waals surface area contributed by atoms with E-state index in [1.165, 1.54) is 18.4 Å². The maximum Gasteiger partial charge on any atom is 0.237 e.